The Morgan fingerprint density at radius 3 is 2.48 bits per heavy atom. The van der Waals surface area contributed by atoms with E-state index in [0.717, 1.165) is 22.5 Å². The van der Waals surface area contributed by atoms with Crippen molar-refractivity contribution in [2.24, 2.45) is 0 Å². The molecule has 1 amide bonds. The maximum absolute atomic E-state index is 13.3. The van der Waals surface area contributed by atoms with Gasteiger partial charge < -0.3 is 4.90 Å². The molecule has 0 saturated heterocycles. The maximum atomic E-state index is 13.3. The number of nitrogens with zero attached hydrogens (tertiary/aromatic N) is 3. The molecule has 0 unspecified atom stereocenters. The molecule has 2 aromatic heterocycles. The van der Waals surface area contributed by atoms with Gasteiger partial charge in [-0.2, -0.15) is 0 Å². The van der Waals surface area contributed by atoms with Crippen molar-refractivity contribution in [3.05, 3.63) is 81.5 Å². The number of para-hydroxylation sites is 1. The zero-order valence-corrected chi connectivity index (χ0v) is 19.3. The van der Waals surface area contributed by atoms with Crippen molar-refractivity contribution in [3.63, 3.8) is 0 Å². The van der Waals surface area contributed by atoms with Gasteiger partial charge in [0.25, 0.3) is 5.56 Å². The van der Waals surface area contributed by atoms with Crippen LogP contribution in [0.3, 0.4) is 0 Å². The van der Waals surface area contributed by atoms with E-state index in [1.54, 1.807) is 9.47 Å². The summed E-state index contributed by atoms with van der Waals surface area (Å²) in [5, 5.41) is 2.40. The Hall–Kier alpha value is -2.90. The molecule has 4 aromatic rings. The van der Waals surface area contributed by atoms with E-state index in [0.29, 0.717) is 21.9 Å². The van der Waals surface area contributed by atoms with Gasteiger partial charge in [-0.25, -0.2) is 4.98 Å². The van der Waals surface area contributed by atoms with Crippen molar-refractivity contribution < 1.29 is 4.79 Å². The fraction of sp³-hybridized carbons (Fsp3) is 0.208. The summed E-state index contributed by atoms with van der Waals surface area (Å²) in [6.45, 7) is 6.54. The molecule has 5 nitrogen and oxygen atoms in total. The number of thiophene rings is 1. The molecule has 4 rings (SSSR count). The molecule has 0 fully saturated rings. The second kappa shape index (κ2) is 9.08. The predicted molar refractivity (Wildman–Crippen MR) is 130 cm³/mol. The van der Waals surface area contributed by atoms with Crippen molar-refractivity contribution in [1.29, 1.82) is 0 Å². The number of carbonyl (C=O) groups excluding carboxylic acids is 1. The molecular formula is C24H23N3O2S2. The summed E-state index contributed by atoms with van der Waals surface area (Å²) in [6.07, 6.45) is 0. The van der Waals surface area contributed by atoms with Gasteiger partial charge in [0, 0.05) is 12.2 Å². The Bertz CT molecular complexity index is 1280. The van der Waals surface area contributed by atoms with Crippen LogP contribution in [0, 0.1) is 13.8 Å². The standard InChI is InChI=1S/C24H23N3O2S2/c1-4-26(18-8-6-5-7-9-18)21(28)15-31-24-25-20-10-11-30-22(20)23(29)27(24)19-13-16(2)12-17(3)14-19/h5-14H,4,15H2,1-3H3. The van der Waals surface area contributed by atoms with Gasteiger partial charge in [-0.1, -0.05) is 36.0 Å². The molecule has 7 heteroatoms. The number of aryl methyl sites for hydroxylation is 2. The first kappa shape index (κ1) is 21.3. The highest BCUT2D eigenvalue weighted by Gasteiger charge is 2.19. The lowest BCUT2D eigenvalue weighted by atomic mass is 10.1. The van der Waals surface area contributed by atoms with Crippen molar-refractivity contribution in [3.8, 4) is 5.69 Å². The molecule has 0 aliphatic rings. The minimum Gasteiger partial charge on any atom is -0.312 e. The molecule has 0 atom stereocenters. The molecule has 2 aromatic carbocycles. The van der Waals surface area contributed by atoms with Gasteiger partial charge in [0.1, 0.15) is 4.70 Å². The van der Waals surface area contributed by atoms with Crippen LogP contribution in [0.15, 0.2) is 69.9 Å². The van der Waals surface area contributed by atoms with Crippen LogP contribution in [-0.4, -0.2) is 27.8 Å². The highest BCUT2D eigenvalue weighted by Crippen LogP contribution is 2.25. The van der Waals surface area contributed by atoms with Gasteiger partial charge in [0.05, 0.1) is 17.0 Å². The van der Waals surface area contributed by atoms with Crippen LogP contribution in [0.5, 0.6) is 0 Å². The molecule has 0 aliphatic carbocycles. The fourth-order valence-corrected chi connectivity index (χ4v) is 5.26. The van der Waals surface area contributed by atoms with E-state index < -0.39 is 0 Å². The smallest absolute Gasteiger partial charge is 0.276 e. The first-order valence-corrected chi connectivity index (χ1v) is 11.9. The summed E-state index contributed by atoms with van der Waals surface area (Å²) in [5.41, 5.74) is 4.35. The largest absolute Gasteiger partial charge is 0.312 e. The van der Waals surface area contributed by atoms with Gasteiger partial charge in [0.15, 0.2) is 5.16 Å². The van der Waals surface area contributed by atoms with Crippen molar-refractivity contribution in [2.45, 2.75) is 25.9 Å². The summed E-state index contributed by atoms with van der Waals surface area (Å²) in [6, 6.07) is 17.5. The van der Waals surface area contributed by atoms with Crippen LogP contribution in [0.1, 0.15) is 18.1 Å². The zero-order valence-electron chi connectivity index (χ0n) is 17.7. The first-order chi connectivity index (χ1) is 15.0. The molecule has 0 saturated carbocycles. The summed E-state index contributed by atoms with van der Waals surface area (Å²) in [7, 11) is 0. The Morgan fingerprint density at radius 1 is 1.10 bits per heavy atom. The lowest BCUT2D eigenvalue weighted by molar-refractivity contribution is -0.116. The van der Waals surface area contributed by atoms with Crippen LogP contribution < -0.4 is 10.5 Å². The van der Waals surface area contributed by atoms with Crippen molar-refractivity contribution in [2.75, 3.05) is 17.2 Å². The monoisotopic (exact) mass is 449 g/mol. The number of carbonyl (C=O) groups is 1. The third-order valence-electron chi connectivity index (χ3n) is 4.92. The van der Waals surface area contributed by atoms with Crippen LogP contribution in [-0.2, 0) is 4.79 Å². The average Bonchev–Trinajstić information content (AvgIpc) is 3.22. The highest BCUT2D eigenvalue weighted by atomic mass is 32.2. The van der Waals surface area contributed by atoms with E-state index in [-0.39, 0.29) is 17.2 Å². The van der Waals surface area contributed by atoms with Gasteiger partial charge in [0.2, 0.25) is 5.91 Å². The third-order valence-corrected chi connectivity index (χ3v) is 6.74. The number of benzene rings is 2. The number of aromatic nitrogens is 2. The molecule has 158 valence electrons. The zero-order chi connectivity index (χ0) is 22.0. The second-order valence-corrected chi connectivity index (χ2v) is 9.14. The van der Waals surface area contributed by atoms with E-state index >= 15 is 0 Å². The van der Waals surface area contributed by atoms with Crippen LogP contribution in [0.25, 0.3) is 15.9 Å². The Morgan fingerprint density at radius 2 is 1.81 bits per heavy atom. The fourth-order valence-electron chi connectivity index (χ4n) is 3.61. The van der Waals surface area contributed by atoms with Crippen LogP contribution >= 0.6 is 23.1 Å². The predicted octanol–water partition coefficient (Wildman–Crippen LogP) is 5.21. The molecule has 31 heavy (non-hydrogen) atoms. The minimum absolute atomic E-state index is 0.0228. The normalized spacial score (nSPS) is 11.1. The van der Waals surface area contributed by atoms with Gasteiger partial charge in [-0.3, -0.25) is 14.2 Å². The third kappa shape index (κ3) is 4.43. The Balaban J connectivity index is 1.72. The lowest BCUT2D eigenvalue weighted by Crippen LogP contribution is -2.32. The molecule has 0 spiro atoms. The van der Waals surface area contributed by atoms with Gasteiger partial charge in [-0.15, -0.1) is 11.3 Å². The molecular weight excluding hydrogens is 426 g/mol. The van der Waals surface area contributed by atoms with Crippen LogP contribution in [0.2, 0.25) is 0 Å². The molecule has 0 bridgehead atoms. The number of fused-ring (bicyclic) bond motifs is 1. The summed E-state index contributed by atoms with van der Waals surface area (Å²) >= 11 is 2.69. The second-order valence-electron chi connectivity index (χ2n) is 7.28. The molecule has 0 radical (unpaired) electrons. The molecule has 0 aliphatic heterocycles. The Labute approximate surface area is 189 Å². The van der Waals surface area contributed by atoms with Crippen molar-refractivity contribution >= 4 is 44.9 Å². The molecule has 2 heterocycles. The lowest BCUT2D eigenvalue weighted by Gasteiger charge is -2.21. The van der Waals surface area contributed by atoms with Gasteiger partial charge in [-0.05, 0) is 67.6 Å². The number of thioether (sulfide) groups is 1. The first-order valence-electron chi connectivity index (χ1n) is 10.0. The number of hydrogen-bond acceptors (Lipinski definition) is 5. The van der Waals surface area contributed by atoms with Gasteiger partial charge >= 0.3 is 0 Å². The minimum atomic E-state index is -0.102. The van der Waals surface area contributed by atoms with E-state index in [2.05, 4.69) is 6.07 Å². The topological polar surface area (TPSA) is 55.2 Å². The van der Waals surface area contributed by atoms with E-state index in [1.165, 1.54) is 23.1 Å². The average molecular weight is 450 g/mol. The summed E-state index contributed by atoms with van der Waals surface area (Å²) < 4.78 is 2.25. The Kier molecular flexibility index (Phi) is 6.25. The number of amides is 1. The summed E-state index contributed by atoms with van der Waals surface area (Å²) in [5.74, 6) is 0.167. The SMILES string of the molecule is CCN(C(=O)CSc1nc2ccsc2c(=O)n1-c1cc(C)cc(C)c1)c1ccccc1. The number of rotatable bonds is 6. The quantitative estimate of drug-likeness (QED) is 0.300. The summed E-state index contributed by atoms with van der Waals surface area (Å²) in [4.78, 5) is 32.8. The van der Waals surface area contributed by atoms with E-state index in [9.17, 15) is 9.59 Å². The highest BCUT2D eigenvalue weighted by molar-refractivity contribution is 7.99. The van der Waals surface area contributed by atoms with E-state index in [1.807, 2.05) is 74.7 Å². The van der Waals surface area contributed by atoms with Crippen molar-refractivity contribution in [1.82, 2.24) is 9.55 Å². The number of hydrogen-bond donors (Lipinski definition) is 0. The number of anilines is 1. The van der Waals surface area contributed by atoms with Crippen LogP contribution in [0.4, 0.5) is 5.69 Å². The molecule has 0 N–H and O–H groups in total. The van der Waals surface area contributed by atoms with E-state index in [4.69, 9.17) is 4.98 Å². The maximum Gasteiger partial charge on any atom is 0.276 e.